The van der Waals surface area contributed by atoms with Gasteiger partial charge < -0.3 is 24.6 Å². The molecule has 3 atom stereocenters. The monoisotopic (exact) mass is 847 g/mol. The van der Waals surface area contributed by atoms with Crippen LogP contribution in [0.25, 0.3) is 0 Å². The number of hydrogen-bond donors (Lipinski definition) is 3. The predicted octanol–water partition coefficient (Wildman–Crippen LogP) is 12.9. The number of unbranched alkanes of at least 4 members (excludes halogenated alkanes) is 12. The van der Waals surface area contributed by atoms with E-state index in [9.17, 15) is 19.4 Å². The maximum absolute atomic E-state index is 12.6. The molecule has 0 spiro atoms. The van der Waals surface area contributed by atoms with E-state index in [2.05, 4.69) is 111 Å². The lowest BCUT2D eigenvalue weighted by atomic mass is 10.1. The van der Waals surface area contributed by atoms with E-state index in [4.69, 9.17) is 23.6 Å². The van der Waals surface area contributed by atoms with Gasteiger partial charge in [-0.25, -0.2) is 4.57 Å². The molecule has 0 aromatic heterocycles. The van der Waals surface area contributed by atoms with Gasteiger partial charge in [-0.3, -0.25) is 13.8 Å². The van der Waals surface area contributed by atoms with E-state index in [0.29, 0.717) is 13.0 Å². The van der Waals surface area contributed by atoms with Crippen molar-refractivity contribution in [1.29, 1.82) is 0 Å². The molecule has 0 aromatic carbocycles. The molecule has 0 saturated heterocycles. The normalized spacial score (nSPS) is 14.9. The van der Waals surface area contributed by atoms with Crippen molar-refractivity contribution in [1.82, 2.24) is 0 Å². The maximum Gasteiger partial charge on any atom is 0.472 e. The summed E-state index contributed by atoms with van der Waals surface area (Å²) in [5.41, 5.74) is 0. The van der Waals surface area contributed by atoms with Crippen molar-refractivity contribution in [2.75, 3.05) is 33.0 Å². The SMILES string of the molecule is CC/C=C\C/C=C\C/C=C\C/C=C\C/C=C\C/C=C\CCCCCCCOCC(COP(=O)(O)OCC(O)CO)OC(=O)CCCCCCC/C=C\C/C=C\CCCC. The summed E-state index contributed by atoms with van der Waals surface area (Å²) in [6.45, 7) is 3.27. The zero-order chi connectivity index (χ0) is 43.2. The van der Waals surface area contributed by atoms with E-state index in [1.54, 1.807) is 0 Å². The third kappa shape index (κ3) is 44.8. The molecule has 0 radical (unpaired) electrons. The van der Waals surface area contributed by atoms with Gasteiger partial charge in [-0.05, 0) is 89.9 Å². The van der Waals surface area contributed by atoms with Crippen molar-refractivity contribution in [3.8, 4) is 0 Å². The van der Waals surface area contributed by atoms with E-state index < -0.39 is 45.8 Å². The Morgan fingerprint density at radius 3 is 1.46 bits per heavy atom. The summed E-state index contributed by atoms with van der Waals surface area (Å²) in [6.07, 6.45) is 56.5. The fraction of sp³-hybridized carbons (Fsp3) is 0.653. The molecule has 10 heteroatoms. The van der Waals surface area contributed by atoms with E-state index in [1.165, 1.54) is 12.8 Å². The van der Waals surface area contributed by atoms with Gasteiger partial charge in [0.1, 0.15) is 12.2 Å². The van der Waals surface area contributed by atoms with Gasteiger partial charge in [0.2, 0.25) is 0 Å². The van der Waals surface area contributed by atoms with Gasteiger partial charge in [-0.15, -0.1) is 0 Å². The minimum absolute atomic E-state index is 0.0235. The summed E-state index contributed by atoms with van der Waals surface area (Å²) in [5, 5.41) is 18.4. The van der Waals surface area contributed by atoms with E-state index in [-0.39, 0.29) is 13.0 Å². The van der Waals surface area contributed by atoms with Crippen molar-refractivity contribution in [3.05, 3.63) is 97.2 Å². The molecule has 0 aromatic rings. The van der Waals surface area contributed by atoms with E-state index >= 15 is 0 Å². The topological polar surface area (TPSA) is 132 Å². The first-order valence-electron chi connectivity index (χ1n) is 22.7. The summed E-state index contributed by atoms with van der Waals surface area (Å²) in [7, 11) is -4.54. The molecular formula is C49H83O9P. The summed E-state index contributed by atoms with van der Waals surface area (Å²) < 4.78 is 33.4. The van der Waals surface area contributed by atoms with Gasteiger partial charge in [-0.2, -0.15) is 0 Å². The number of aliphatic hydroxyl groups excluding tert-OH is 2. The van der Waals surface area contributed by atoms with Gasteiger partial charge in [0, 0.05) is 13.0 Å². The van der Waals surface area contributed by atoms with Crippen molar-refractivity contribution >= 4 is 13.8 Å². The van der Waals surface area contributed by atoms with Gasteiger partial charge in [0.15, 0.2) is 0 Å². The number of carbonyl (C=O) groups excluding carboxylic acids is 1. The Bertz CT molecular complexity index is 1230. The first-order chi connectivity index (χ1) is 28.8. The van der Waals surface area contributed by atoms with Crippen LogP contribution < -0.4 is 0 Å². The largest absolute Gasteiger partial charge is 0.472 e. The third-order valence-corrected chi connectivity index (χ3v) is 9.95. The minimum Gasteiger partial charge on any atom is -0.457 e. The number of phosphoric ester groups is 1. The Hall–Kier alpha value is -2.62. The van der Waals surface area contributed by atoms with Gasteiger partial charge in [0.05, 0.1) is 26.4 Å². The number of carbonyl (C=O) groups is 1. The second kappa shape index (κ2) is 44.9. The molecule has 3 N–H and O–H groups in total. The Morgan fingerprint density at radius 1 is 0.542 bits per heavy atom. The summed E-state index contributed by atoms with van der Waals surface area (Å²) in [4.78, 5) is 22.6. The Morgan fingerprint density at radius 2 is 0.966 bits per heavy atom. The average Bonchev–Trinajstić information content (AvgIpc) is 3.23. The molecule has 59 heavy (non-hydrogen) atoms. The smallest absolute Gasteiger partial charge is 0.457 e. The molecule has 3 unspecified atom stereocenters. The van der Waals surface area contributed by atoms with Crippen LogP contribution in [0.4, 0.5) is 0 Å². The van der Waals surface area contributed by atoms with Crippen LogP contribution in [0.3, 0.4) is 0 Å². The molecule has 0 heterocycles. The van der Waals surface area contributed by atoms with Gasteiger partial charge in [0.25, 0.3) is 0 Å². The lowest BCUT2D eigenvalue weighted by molar-refractivity contribution is -0.154. The summed E-state index contributed by atoms with van der Waals surface area (Å²) in [5.74, 6) is -0.409. The minimum atomic E-state index is -4.54. The van der Waals surface area contributed by atoms with Crippen LogP contribution >= 0.6 is 7.82 Å². The lowest BCUT2D eigenvalue weighted by Crippen LogP contribution is -2.29. The third-order valence-electron chi connectivity index (χ3n) is 9.00. The molecule has 0 bridgehead atoms. The van der Waals surface area contributed by atoms with Crippen molar-refractivity contribution in [2.45, 2.75) is 174 Å². The zero-order valence-corrected chi connectivity index (χ0v) is 37.8. The molecule has 0 fully saturated rings. The van der Waals surface area contributed by atoms with Crippen LogP contribution in [0.1, 0.15) is 162 Å². The second-order valence-electron chi connectivity index (χ2n) is 14.7. The first kappa shape index (κ1) is 56.4. The molecule has 0 aliphatic carbocycles. The second-order valence-corrected chi connectivity index (χ2v) is 16.1. The van der Waals surface area contributed by atoms with E-state index in [1.807, 2.05) is 0 Å². The van der Waals surface area contributed by atoms with Crippen LogP contribution in [-0.4, -0.2) is 66.3 Å². The van der Waals surface area contributed by atoms with Gasteiger partial charge in [-0.1, -0.05) is 162 Å². The zero-order valence-electron chi connectivity index (χ0n) is 36.9. The summed E-state index contributed by atoms with van der Waals surface area (Å²) in [6, 6.07) is 0. The molecule has 0 saturated carbocycles. The van der Waals surface area contributed by atoms with Crippen LogP contribution in [-0.2, 0) is 27.9 Å². The highest BCUT2D eigenvalue weighted by molar-refractivity contribution is 7.47. The Balaban J connectivity index is 4.21. The molecule has 0 amide bonds. The molecule has 9 nitrogen and oxygen atoms in total. The first-order valence-corrected chi connectivity index (χ1v) is 24.2. The maximum atomic E-state index is 12.6. The van der Waals surface area contributed by atoms with Crippen LogP contribution in [0.15, 0.2) is 97.2 Å². The number of allylic oxidation sites excluding steroid dienone is 16. The number of phosphoric acid groups is 1. The van der Waals surface area contributed by atoms with Crippen molar-refractivity contribution in [3.63, 3.8) is 0 Å². The highest BCUT2D eigenvalue weighted by Gasteiger charge is 2.26. The predicted molar refractivity (Wildman–Crippen MR) is 246 cm³/mol. The molecule has 0 aliphatic rings. The van der Waals surface area contributed by atoms with Crippen molar-refractivity contribution in [2.24, 2.45) is 0 Å². The molecule has 338 valence electrons. The molecular weight excluding hydrogens is 764 g/mol. The standard InChI is InChI=1S/C49H83O9P/c1-3-5-7-9-11-13-15-17-19-20-21-22-23-24-25-26-27-28-30-32-34-36-38-40-42-55-45-48(46-57-59(53,54)56-44-47(51)43-50)58-49(52)41-39-37-35-33-31-29-18-16-14-12-10-8-6-4-2/h5,7,10-13,16-19,21-22,24-25,27-28,47-48,50-51H,3-4,6,8-9,14-15,20,23,26,29-46H2,1-2H3,(H,53,54)/b7-5-,12-10-,13-11-,18-16-,19-17-,22-21-,25-24-,28-27-. The van der Waals surface area contributed by atoms with Crippen LogP contribution in [0, 0.1) is 0 Å². The fourth-order valence-electron chi connectivity index (χ4n) is 5.55. The Labute approximate surface area is 359 Å². The number of ether oxygens (including phenoxy) is 2. The van der Waals surface area contributed by atoms with E-state index in [0.717, 1.165) is 122 Å². The highest BCUT2D eigenvalue weighted by Crippen LogP contribution is 2.43. The van der Waals surface area contributed by atoms with Gasteiger partial charge >= 0.3 is 13.8 Å². The fourth-order valence-corrected chi connectivity index (χ4v) is 6.34. The van der Waals surface area contributed by atoms with Crippen LogP contribution in [0.2, 0.25) is 0 Å². The Kier molecular flexibility index (Phi) is 42.9. The number of hydrogen-bond acceptors (Lipinski definition) is 8. The molecule has 0 rings (SSSR count). The van der Waals surface area contributed by atoms with Crippen LogP contribution in [0.5, 0.6) is 0 Å². The van der Waals surface area contributed by atoms with Crippen molar-refractivity contribution < 1.29 is 43.0 Å². The molecule has 0 aliphatic heterocycles. The number of aliphatic hydroxyl groups is 2. The average molecular weight is 847 g/mol. The lowest BCUT2D eigenvalue weighted by Gasteiger charge is -2.20. The quantitative estimate of drug-likeness (QED) is 0.0238. The highest BCUT2D eigenvalue weighted by atomic mass is 31.2. The number of esters is 1. The number of rotatable bonds is 42. The summed E-state index contributed by atoms with van der Waals surface area (Å²) >= 11 is 0.